The van der Waals surface area contributed by atoms with Gasteiger partial charge in [0.15, 0.2) is 11.6 Å². The van der Waals surface area contributed by atoms with Gasteiger partial charge in [0.05, 0.1) is 22.3 Å². The third kappa shape index (κ3) is 3.43. The molecule has 0 atom stereocenters. The summed E-state index contributed by atoms with van der Waals surface area (Å²) in [7, 11) is 0. The molecule has 0 fully saturated rings. The van der Waals surface area contributed by atoms with Crippen LogP contribution in [0, 0.1) is 10.1 Å². The average molecular weight is 301 g/mol. The van der Waals surface area contributed by atoms with E-state index in [4.69, 9.17) is 27.6 Å². The number of nitrogens with zero attached hydrogens (tertiary/aromatic N) is 3. The van der Waals surface area contributed by atoms with E-state index in [1.54, 1.807) is 0 Å². The van der Waals surface area contributed by atoms with Crippen LogP contribution in [-0.2, 0) is 0 Å². The van der Waals surface area contributed by atoms with Gasteiger partial charge in [0.1, 0.15) is 4.92 Å². The molecule has 19 heavy (non-hydrogen) atoms. The molecule has 0 bridgehead atoms. The van der Waals surface area contributed by atoms with Crippen LogP contribution in [0.3, 0.4) is 0 Å². The zero-order chi connectivity index (χ0) is 13.8. The number of furan rings is 1. The SMILES string of the molecule is O=[N+]([O-])c1ccc(/C=N/Nc2ncc(Cl)cc2Cl)o1. The Morgan fingerprint density at radius 3 is 2.89 bits per heavy atom. The van der Waals surface area contributed by atoms with Gasteiger partial charge in [-0.05, 0) is 12.1 Å². The zero-order valence-electron chi connectivity index (χ0n) is 9.21. The second kappa shape index (κ2) is 5.68. The van der Waals surface area contributed by atoms with E-state index < -0.39 is 4.92 Å². The van der Waals surface area contributed by atoms with Crippen molar-refractivity contribution in [2.75, 3.05) is 5.43 Å². The summed E-state index contributed by atoms with van der Waals surface area (Å²) in [6.45, 7) is 0. The third-order valence-electron chi connectivity index (χ3n) is 1.96. The molecular formula is C10H6Cl2N4O3. The molecule has 0 aliphatic carbocycles. The van der Waals surface area contributed by atoms with E-state index in [0.29, 0.717) is 15.9 Å². The first-order valence-electron chi connectivity index (χ1n) is 4.90. The summed E-state index contributed by atoms with van der Waals surface area (Å²) in [5, 5.41) is 14.9. The Hall–Kier alpha value is -2.12. The fraction of sp³-hybridized carbons (Fsp3) is 0. The third-order valence-corrected chi connectivity index (χ3v) is 2.46. The quantitative estimate of drug-likeness (QED) is 0.531. The first-order valence-corrected chi connectivity index (χ1v) is 5.66. The van der Waals surface area contributed by atoms with Gasteiger partial charge in [-0.25, -0.2) is 4.98 Å². The summed E-state index contributed by atoms with van der Waals surface area (Å²) >= 11 is 11.5. The van der Waals surface area contributed by atoms with Crippen molar-refractivity contribution in [1.82, 2.24) is 4.98 Å². The summed E-state index contributed by atoms with van der Waals surface area (Å²) in [5.74, 6) is 0.178. The molecule has 0 aliphatic rings. The van der Waals surface area contributed by atoms with Gasteiger partial charge < -0.3 is 4.42 Å². The molecule has 0 aliphatic heterocycles. The minimum atomic E-state index is -0.637. The Labute approximate surface area is 117 Å². The highest BCUT2D eigenvalue weighted by atomic mass is 35.5. The van der Waals surface area contributed by atoms with Crippen LogP contribution in [0.1, 0.15) is 5.76 Å². The van der Waals surface area contributed by atoms with Crippen molar-refractivity contribution in [3.63, 3.8) is 0 Å². The molecule has 98 valence electrons. The van der Waals surface area contributed by atoms with Crippen molar-refractivity contribution in [2.24, 2.45) is 5.10 Å². The van der Waals surface area contributed by atoms with Crippen LogP contribution in [0.4, 0.5) is 11.7 Å². The highest BCUT2D eigenvalue weighted by Crippen LogP contribution is 2.22. The van der Waals surface area contributed by atoms with Crippen LogP contribution in [-0.4, -0.2) is 16.1 Å². The van der Waals surface area contributed by atoms with Crippen molar-refractivity contribution in [1.29, 1.82) is 0 Å². The number of nitro groups is 1. The number of pyridine rings is 1. The lowest BCUT2D eigenvalue weighted by Gasteiger charge is -2.01. The molecule has 0 spiro atoms. The maximum absolute atomic E-state index is 10.4. The standard InChI is InChI=1S/C10H6Cl2N4O3/c11-6-3-8(12)10(13-4-6)15-14-5-7-1-2-9(19-7)16(17)18/h1-5H,(H,13,15)/b14-5+. The lowest BCUT2D eigenvalue weighted by Crippen LogP contribution is -1.93. The monoisotopic (exact) mass is 300 g/mol. The van der Waals surface area contributed by atoms with Crippen LogP contribution in [0.2, 0.25) is 10.0 Å². The van der Waals surface area contributed by atoms with E-state index in [1.807, 2.05) is 0 Å². The van der Waals surface area contributed by atoms with Gasteiger partial charge in [0.2, 0.25) is 0 Å². The summed E-state index contributed by atoms with van der Waals surface area (Å²) in [5.41, 5.74) is 2.57. The summed E-state index contributed by atoms with van der Waals surface area (Å²) in [6, 6.07) is 4.15. The van der Waals surface area contributed by atoms with E-state index >= 15 is 0 Å². The molecule has 2 rings (SSSR count). The van der Waals surface area contributed by atoms with Gasteiger partial charge >= 0.3 is 5.88 Å². The van der Waals surface area contributed by atoms with Crippen LogP contribution >= 0.6 is 23.2 Å². The minimum absolute atomic E-state index is 0.226. The maximum atomic E-state index is 10.4. The van der Waals surface area contributed by atoms with Crippen LogP contribution in [0.5, 0.6) is 0 Å². The Morgan fingerprint density at radius 2 is 2.26 bits per heavy atom. The Balaban J connectivity index is 2.04. The van der Waals surface area contributed by atoms with Crippen molar-refractivity contribution < 1.29 is 9.34 Å². The molecule has 7 nitrogen and oxygen atoms in total. The highest BCUT2D eigenvalue weighted by Gasteiger charge is 2.10. The maximum Gasteiger partial charge on any atom is 0.433 e. The van der Waals surface area contributed by atoms with Crippen molar-refractivity contribution in [3.05, 3.63) is 50.3 Å². The second-order valence-electron chi connectivity index (χ2n) is 3.29. The van der Waals surface area contributed by atoms with Crippen LogP contribution in [0.15, 0.2) is 33.9 Å². The molecule has 0 aromatic carbocycles. The van der Waals surface area contributed by atoms with Gasteiger partial charge in [-0.1, -0.05) is 23.2 Å². The van der Waals surface area contributed by atoms with Crippen molar-refractivity contribution in [3.8, 4) is 0 Å². The number of hydrogen-bond acceptors (Lipinski definition) is 6. The van der Waals surface area contributed by atoms with E-state index in [2.05, 4.69) is 15.5 Å². The van der Waals surface area contributed by atoms with Crippen molar-refractivity contribution in [2.45, 2.75) is 0 Å². The molecule has 0 unspecified atom stereocenters. The fourth-order valence-corrected chi connectivity index (χ4v) is 1.59. The fourth-order valence-electron chi connectivity index (χ4n) is 1.16. The second-order valence-corrected chi connectivity index (χ2v) is 4.13. The molecule has 2 heterocycles. The van der Waals surface area contributed by atoms with Gasteiger partial charge in [0, 0.05) is 6.20 Å². The predicted octanol–water partition coefficient (Wildman–Crippen LogP) is 3.34. The van der Waals surface area contributed by atoms with E-state index in [1.165, 1.54) is 30.6 Å². The Bertz CT molecular complexity index is 641. The lowest BCUT2D eigenvalue weighted by molar-refractivity contribution is -0.402. The molecular weight excluding hydrogens is 295 g/mol. The first-order chi connectivity index (χ1) is 9.06. The molecule has 0 saturated carbocycles. The number of anilines is 1. The van der Waals surface area contributed by atoms with Gasteiger partial charge in [-0.3, -0.25) is 15.5 Å². The van der Waals surface area contributed by atoms with Crippen LogP contribution in [0.25, 0.3) is 0 Å². The molecule has 9 heteroatoms. The zero-order valence-corrected chi connectivity index (χ0v) is 10.7. The Kier molecular flexibility index (Phi) is 3.98. The highest BCUT2D eigenvalue weighted by molar-refractivity contribution is 6.35. The molecule has 0 radical (unpaired) electrons. The van der Waals surface area contributed by atoms with Crippen molar-refractivity contribution >= 4 is 41.1 Å². The Morgan fingerprint density at radius 1 is 1.47 bits per heavy atom. The number of rotatable bonds is 4. The smallest absolute Gasteiger partial charge is 0.400 e. The van der Waals surface area contributed by atoms with E-state index in [9.17, 15) is 10.1 Å². The molecule has 2 aromatic heterocycles. The largest absolute Gasteiger partial charge is 0.433 e. The summed E-state index contributed by atoms with van der Waals surface area (Å²) in [4.78, 5) is 13.7. The number of nitrogens with one attached hydrogen (secondary N) is 1. The molecule has 2 aromatic rings. The van der Waals surface area contributed by atoms with Gasteiger partial charge in [-0.2, -0.15) is 5.10 Å². The predicted molar refractivity (Wildman–Crippen MR) is 70.8 cm³/mol. The first kappa shape index (κ1) is 13.3. The summed E-state index contributed by atoms with van der Waals surface area (Å²) in [6.07, 6.45) is 2.67. The van der Waals surface area contributed by atoms with Gasteiger partial charge in [-0.15, -0.1) is 0 Å². The molecule has 0 amide bonds. The van der Waals surface area contributed by atoms with Crippen LogP contribution < -0.4 is 5.43 Å². The van der Waals surface area contributed by atoms with E-state index in [0.717, 1.165) is 0 Å². The molecule has 1 N–H and O–H groups in total. The number of halogens is 2. The summed E-state index contributed by atoms with van der Waals surface area (Å²) < 4.78 is 4.87. The number of aromatic nitrogens is 1. The van der Waals surface area contributed by atoms with E-state index in [-0.39, 0.29) is 11.6 Å². The lowest BCUT2D eigenvalue weighted by atomic mass is 10.4. The topological polar surface area (TPSA) is 93.6 Å². The number of hydrogen-bond donors (Lipinski definition) is 1. The number of hydrazone groups is 1. The minimum Gasteiger partial charge on any atom is -0.400 e. The normalized spacial score (nSPS) is 10.8. The molecule has 0 saturated heterocycles. The van der Waals surface area contributed by atoms with Gasteiger partial charge in [0.25, 0.3) is 0 Å². The average Bonchev–Trinajstić information content (AvgIpc) is 2.81.